The molecule has 0 heterocycles. The van der Waals surface area contributed by atoms with E-state index in [1.54, 1.807) is 0 Å². The Morgan fingerprint density at radius 3 is 2.58 bits per heavy atom. The van der Waals surface area contributed by atoms with Gasteiger partial charge in [-0.15, -0.1) is 0 Å². The third-order valence-electron chi connectivity index (χ3n) is 4.26. The van der Waals surface area contributed by atoms with Gasteiger partial charge in [0.15, 0.2) is 0 Å². The number of hydrogen-bond acceptors (Lipinski definition) is 3. The number of rotatable bonds is 6. The Kier molecular flexibility index (Phi) is 5.63. The fourth-order valence-corrected chi connectivity index (χ4v) is 3.53. The van der Waals surface area contributed by atoms with Crippen molar-refractivity contribution in [3.05, 3.63) is 11.6 Å². The highest BCUT2D eigenvalue weighted by atomic mass is 32.2. The Hall–Kier alpha value is -0.350. The van der Waals surface area contributed by atoms with Crippen LogP contribution in [0.15, 0.2) is 11.6 Å². The second-order valence-electron chi connectivity index (χ2n) is 6.75. The quantitative estimate of drug-likeness (QED) is 0.764. The summed E-state index contributed by atoms with van der Waals surface area (Å²) >= 11 is 0. The molecule has 19 heavy (non-hydrogen) atoms. The zero-order chi connectivity index (χ0) is 14.7. The van der Waals surface area contributed by atoms with Gasteiger partial charge in [0.05, 0.1) is 5.75 Å². The molecular weight excluding hydrogens is 258 g/mol. The van der Waals surface area contributed by atoms with Crippen LogP contribution in [-0.4, -0.2) is 32.5 Å². The van der Waals surface area contributed by atoms with Gasteiger partial charge >= 0.3 is 0 Å². The van der Waals surface area contributed by atoms with E-state index in [9.17, 15) is 8.42 Å². The van der Waals surface area contributed by atoms with Crippen LogP contribution in [0.1, 0.15) is 47.0 Å². The topological polar surface area (TPSA) is 46.2 Å². The molecule has 1 rings (SSSR count). The first-order valence-corrected chi connectivity index (χ1v) is 9.26. The minimum Gasteiger partial charge on any atom is -0.311 e. The fraction of sp³-hybridized carbons (Fsp3) is 0.867. The fourth-order valence-electron chi connectivity index (χ4n) is 2.65. The molecule has 0 aromatic heterocycles. The van der Waals surface area contributed by atoms with Crippen LogP contribution in [0.25, 0.3) is 0 Å². The van der Waals surface area contributed by atoms with Gasteiger partial charge in [-0.2, -0.15) is 0 Å². The standard InChI is InChI=1S/C15H29NO2S/c1-12-7-6-8-13(2)14(12)11-16-15(3,4)9-10-19(5,17)18/h7,13-14,16H,6,8-11H2,1-5H3/t13-,14+/m1/s1. The van der Waals surface area contributed by atoms with Crippen LogP contribution in [0, 0.1) is 11.8 Å². The van der Waals surface area contributed by atoms with E-state index >= 15 is 0 Å². The Morgan fingerprint density at radius 2 is 2.05 bits per heavy atom. The summed E-state index contributed by atoms with van der Waals surface area (Å²) in [7, 11) is -2.87. The zero-order valence-electron chi connectivity index (χ0n) is 13.0. The first kappa shape index (κ1) is 16.7. The summed E-state index contributed by atoms with van der Waals surface area (Å²) in [4.78, 5) is 0. The van der Waals surface area contributed by atoms with Gasteiger partial charge in [-0.3, -0.25) is 0 Å². The van der Waals surface area contributed by atoms with Crippen molar-refractivity contribution in [2.45, 2.75) is 52.5 Å². The number of hydrogen-bond donors (Lipinski definition) is 1. The average molecular weight is 287 g/mol. The molecule has 0 aromatic carbocycles. The molecule has 0 bridgehead atoms. The number of sulfone groups is 1. The van der Waals surface area contributed by atoms with Gasteiger partial charge in [-0.25, -0.2) is 8.42 Å². The normalized spacial score (nSPS) is 25.2. The molecule has 112 valence electrons. The molecule has 1 N–H and O–H groups in total. The highest BCUT2D eigenvalue weighted by molar-refractivity contribution is 7.90. The summed E-state index contributed by atoms with van der Waals surface area (Å²) in [5, 5.41) is 3.56. The zero-order valence-corrected chi connectivity index (χ0v) is 13.8. The van der Waals surface area contributed by atoms with Crippen molar-refractivity contribution in [1.29, 1.82) is 0 Å². The second kappa shape index (κ2) is 6.40. The maximum absolute atomic E-state index is 11.3. The van der Waals surface area contributed by atoms with Crippen LogP contribution >= 0.6 is 0 Å². The first-order valence-electron chi connectivity index (χ1n) is 7.20. The van der Waals surface area contributed by atoms with Crippen molar-refractivity contribution in [2.24, 2.45) is 11.8 Å². The summed E-state index contributed by atoms with van der Waals surface area (Å²) in [5.41, 5.74) is 1.35. The minimum atomic E-state index is -2.87. The monoisotopic (exact) mass is 287 g/mol. The summed E-state index contributed by atoms with van der Waals surface area (Å²) in [6.07, 6.45) is 6.76. The lowest BCUT2D eigenvalue weighted by Crippen LogP contribution is -2.44. The Balaban J connectivity index is 2.50. The lowest BCUT2D eigenvalue weighted by molar-refractivity contribution is 0.295. The van der Waals surface area contributed by atoms with Crippen molar-refractivity contribution in [1.82, 2.24) is 5.32 Å². The molecule has 0 saturated heterocycles. The molecule has 1 aliphatic carbocycles. The van der Waals surface area contributed by atoms with E-state index in [0.29, 0.717) is 18.3 Å². The molecule has 0 saturated carbocycles. The summed E-state index contributed by atoms with van der Waals surface area (Å²) in [6.45, 7) is 9.65. The SMILES string of the molecule is CC1=CCC[C@@H](C)[C@H]1CNC(C)(C)CCS(C)(=O)=O. The molecule has 0 amide bonds. The molecule has 1 aliphatic rings. The van der Waals surface area contributed by atoms with Gasteiger partial charge in [0.1, 0.15) is 9.84 Å². The molecule has 3 nitrogen and oxygen atoms in total. The van der Waals surface area contributed by atoms with E-state index in [1.165, 1.54) is 24.7 Å². The average Bonchev–Trinajstić information content (AvgIpc) is 2.25. The van der Waals surface area contributed by atoms with Gasteiger partial charge in [0.2, 0.25) is 0 Å². The van der Waals surface area contributed by atoms with Gasteiger partial charge in [-0.05, 0) is 51.9 Å². The Bertz CT molecular complexity index is 423. The molecule has 4 heteroatoms. The molecule has 2 atom stereocenters. The molecular formula is C15H29NO2S. The number of nitrogens with one attached hydrogen (secondary N) is 1. The lowest BCUT2D eigenvalue weighted by atomic mass is 9.79. The van der Waals surface area contributed by atoms with Crippen molar-refractivity contribution >= 4 is 9.84 Å². The van der Waals surface area contributed by atoms with E-state index in [1.807, 2.05) is 0 Å². The molecule has 0 spiro atoms. The van der Waals surface area contributed by atoms with Crippen molar-refractivity contribution in [3.8, 4) is 0 Å². The highest BCUT2D eigenvalue weighted by Gasteiger charge is 2.25. The molecule has 0 radical (unpaired) electrons. The maximum atomic E-state index is 11.3. The van der Waals surface area contributed by atoms with Crippen molar-refractivity contribution < 1.29 is 8.42 Å². The van der Waals surface area contributed by atoms with E-state index in [-0.39, 0.29) is 11.3 Å². The predicted molar refractivity (Wildman–Crippen MR) is 82.1 cm³/mol. The van der Waals surface area contributed by atoms with Gasteiger partial charge in [0.25, 0.3) is 0 Å². The smallest absolute Gasteiger partial charge is 0.147 e. The predicted octanol–water partition coefficient (Wildman–Crippen LogP) is 2.78. The van der Waals surface area contributed by atoms with Gasteiger partial charge in [0, 0.05) is 18.3 Å². The van der Waals surface area contributed by atoms with E-state index in [0.717, 1.165) is 6.54 Å². The third-order valence-corrected chi connectivity index (χ3v) is 5.20. The first-order chi connectivity index (χ1) is 8.61. The largest absolute Gasteiger partial charge is 0.311 e. The third kappa shape index (κ3) is 6.09. The van der Waals surface area contributed by atoms with Crippen LogP contribution in [0.2, 0.25) is 0 Å². The molecule has 0 aliphatic heterocycles. The second-order valence-corrected chi connectivity index (χ2v) is 9.01. The van der Waals surface area contributed by atoms with Crippen molar-refractivity contribution in [3.63, 3.8) is 0 Å². The number of allylic oxidation sites excluding steroid dienone is 1. The van der Waals surface area contributed by atoms with Crippen LogP contribution in [0.3, 0.4) is 0 Å². The molecule has 0 aromatic rings. The van der Waals surface area contributed by atoms with E-state index < -0.39 is 9.84 Å². The van der Waals surface area contributed by atoms with Gasteiger partial charge < -0.3 is 5.32 Å². The Labute approximate surface area is 118 Å². The van der Waals surface area contributed by atoms with Crippen LogP contribution in [-0.2, 0) is 9.84 Å². The lowest BCUT2D eigenvalue weighted by Gasteiger charge is -2.33. The van der Waals surface area contributed by atoms with Crippen LogP contribution in [0.5, 0.6) is 0 Å². The van der Waals surface area contributed by atoms with Gasteiger partial charge in [-0.1, -0.05) is 18.6 Å². The van der Waals surface area contributed by atoms with Crippen LogP contribution in [0.4, 0.5) is 0 Å². The van der Waals surface area contributed by atoms with Crippen LogP contribution < -0.4 is 5.32 Å². The van der Waals surface area contributed by atoms with E-state index in [4.69, 9.17) is 0 Å². The minimum absolute atomic E-state index is 0.124. The maximum Gasteiger partial charge on any atom is 0.147 e. The van der Waals surface area contributed by atoms with E-state index in [2.05, 4.69) is 39.1 Å². The molecule has 0 fully saturated rings. The molecule has 0 unspecified atom stereocenters. The summed E-state index contributed by atoms with van der Waals surface area (Å²) in [6, 6.07) is 0. The summed E-state index contributed by atoms with van der Waals surface area (Å²) < 4.78 is 22.5. The van der Waals surface area contributed by atoms with Crippen molar-refractivity contribution in [2.75, 3.05) is 18.6 Å². The summed E-state index contributed by atoms with van der Waals surface area (Å²) in [5.74, 6) is 1.55. The highest BCUT2D eigenvalue weighted by Crippen LogP contribution is 2.30. The Morgan fingerprint density at radius 1 is 1.42 bits per heavy atom.